The molecule has 0 aliphatic heterocycles. The molecule has 0 fully saturated rings. The Morgan fingerprint density at radius 3 is 2.57 bits per heavy atom. The van der Waals surface area contributed by atoms with Gasteiger partial charge in [0.25, 0.3) is 0 Å². The molecule has 2 rings (SSSR count). The monoisotopic (exact) mass is 336 g/mol. The predicted octanol–water partition coefficient (Wildman–Crippen LogP) is 2.54. The van der Waals surface area contributed by atoms with Gasteiger partial charge in [-0.15, -0.1) is 11.3 Å². The van der Waals surface area contributed by atoms with Crippen LogP contribution in [0.4, 0.5) is 5.13 Å². The lowest BCUT2D eigenvalue weighted by atomic mass is 9.93. The summed E-state index contributed by atoms with van der Waals surface area (Å²) in [6.45, 7) is 8.32. The Kier molecular flexibility index (Phi) is 4.84. The van der Waals surface area contributed by atoms with Crippen LogP contribution in [0.25, 0.3) is 0 Å². The maximum atomic E-state index is 12.1. The number of thiazole rings is 1. The molecule has 2 N–H and O–H groups in total. The summed E-state index contributed by atoms with van der Waals surface area (Å²) in [5.41, 5.74) is 1.02. The molecule has 124 valence electrons. The van der Waals surface area contributed by atoms with Crippen molar-refractivity contribution >= 4 is 28.3 Å². The van der Waals surface area contributed by atoms with Gasteiger partial charge in [-0.25, -0.2) is 9.78 Å². The van der Waals surface area contributed by atoms with E-state index in [1.54, 1.807) is 0 Å². The van der Waals surface area contributed by atoms with Gasteiger partial charge in [-0.1, -0.05) is 27.7 Å². The van der Waals surface area contributed by atoms with Crippen molar-refractivity contribution in [2.75, 3.05) is 5.32 Å². The van der Waals surface area contributed by atoms with Gasteiger partial charge in [-0.2, -0.15) is 5.10 Å². The van der Waals surface area contributed by atoms with Crippen molar-refractivity contribution in [1.82, 2.24) is 14.8 Å². The fourth-order valence-electron chi connectivity index (χ4n) is 2.10. The molecule has 0 saturated heterocycles. The first-order valence-corrected chi connectivity index (χ1v) is 8.08. The second-order valence-electron chi connectivity index (χ2n) is 6.18. The van der Waals surface area contributed by atoms with E-state index in [0.29, 0.717) is 5.13 Å². The van der Waals surface area contributed by atoms with E-state index in [1.165, 1.54) is 28.4 Å². The highest BCUT2D eigenvalue weighted by atomic mass is 32.1. The fraction of sp³-hybridized carbons (Fsp3) is 0.467. The van der Waals surface area contributed by atoms with Gasteiger partial charge in [0.05, 0.1) is 17.5 Å². The van der Waals surface area contributed by atoms with E-state index in [9.17, 15) is 9.59 Å². The molecule has 0 radical (unpaired) electrons. The van der Waals surface area contributed by atoms with Crippen LogP contribution in [0, 0.1) is 0 Å². The van der Waals surface area contributed by atoms with Crippen LogP contribution >= 0.6 is 11.3 Å². The van der Waals surface area contributed by atoms with Gasteiger partial charge in [-0.3, -0.25) is 9.48 Å². The van der Waals surface area contributed by atoms with Gasteiger partial charge in [0.15, 0.2) is 5.13 Å². The lowest BCUT2D eigenvalue weighted by Crippen LogP contribution is -2.19. The fourth-order valence-corrected chi connectivity index (χ4v) is 3.23. The highest BCUT2D eigenvalue weighted by Gasteiger charge is 2.22. The third-order valence-electron chi connectivity index (χ3n) is 3.15. The number of nitrogens with zero attached hydrogens (tertiary/aromatic N) is 3. The molecule has 2 aromatic heterocycles. The molecule has 2 aromatic rings. The number of hydrogen-bond acceptors (Lipinski definition) is 5. The molecule has 1 amide bonds. The van der Waals surface area contributed by atoms with Crippen LogP contribution in [-0.4, -0.2) is 31.7 Å². The Morgan fingerprint density at radius 1 is 1.39 bits per heavy atom. The van der Waals surface area contributed by atoms with E-state index < -0.39 is 5.97 Å². The molecule has 8 heteroatoms. The number of carbonyl (C=O) groups is 2. The van der Waals surface area contributed by atoms with Crippen molar-refractivity contribution in [3.8, 4) is 0 Å². The van der Waals surface area contributed by atoms with Crippen molar-refractivity contribution in [2.24, 2.45) is 0 Å². The number of nitrogens with one attached hydrogen (secondary N) is 1. The average Bonchev–Trinajstić information content (AvgIpc) is 3.04. The van der Waals surface area contributed by atoms with E-state index in [2.05, 4.69) is 36.2 Å². The summed E-state index contributed by atoms with van der Waals surface area (Å²) in [4.78, 5) is 28.5. The molecule has 0 bridgehead atoms. The predicted molar refractivity (Wildman–Crippen MR) is 88.0 cm³/mol. The highest BCUT2D eigenvalue weighted by Crippen LogP contribution is 2.34. The summed E-state index contributed by atoms with van der Waals surface area (Å²) in [6, 6.07) is 0. The minimum atomic E-state index is -1.07. The van der Waals surface area contributed by atoms with Crippen molar-refractivity contribution in [2.45, 2.75) is 46.1 Å². The Morgan fingerprint density at radius 2 is 2.09 bits per heavy atom. The smallest absolute Gasteiger partial charge is 0.338 e. The Bertz CT molecular complexity index is 727. The number of aryl methyl sites for hydroxylation is 1. The molecular formula is C15H20N4O3S. The lowest BCUT2D eigenvalue weighted by molar-refractivity contribution is -0.116. The second-order valence-corrected chi connectivity index (χ2v) is 7.18. The molecule has 2 heterocycles. The van der Waals surface area contributed by atoms with E-state index in [-0.39, 0.29) is 23.4 Å². The van der Waals surface area contributed by atoms with Crippen molar-refractivity contribution in [3.05, 3.63) is 28.5 Å². The molecule has 7 nitrogen and oxygen atoms in total. The number of carboxylic acids is 1. The molecule has 0 spiro atoms. The normalized spacial score (nSPS) is 11.5. The number of carbonyl (C=O) groups excluding carboxylic acids is 1. The maximum absolute atomic E-state index is 12.1. The van der Waals surface area contributed by atoms with Crippen molar-refractivity contribution in [1.29, 1.82) is 0 Å². The van der Waals surface area contributed by atoms with Crippen LogP contribution in [-0.2, 0) is 23.2 Å². The first-order valence-electron chi connectivity index (χ1n) is 7.26. The highest BCUT2D eigenvalue weighted by molar-refractivity contribution is 7.16. The molecule has 0 unspecified atom stereocenters. The molecule has 0 saturated carbocycles. The minimum Gasteiger partial charge on any atom is -0.478 e. The SMILES string of the molecule is CCc1nc(NC(=O)Cn2cc(C(=O)O)cn2)sc1C(C)(C)C. The number of aromatic nitrogens is 3. The summed E-state index contributed by atoms with van der Waals surface area (Å²) >= 11 is 1.47. The van der Waals surface area contributed by atoms with Gasteiger partial charge in [0, 0.05) is 11.1 Å². The molecule has 0 aliphatic rings. The van der Waals surface area contributed by atoms with Gasteiger partial charge in [0.2, 0.25) is 5.91 Å². The van der Waals surface area contributed by atoms with E-state index in [1.807, 2.05) is 6.92 Å². The molecule has 0 atom stereocenters. The number of aromatic carboxylic acids is 1. The number of anilines is 1. The van der Waals surface area contributed by atoms with Gasteiger partial charge < -0.3 is 10.4 Å². The van der Waals surface area contributed by atoms with Crippen LogP contribution in [0.2, 0.25) is 0 Å². The molecule has 0 aromatic carbocycles. The zero-order chi connectivity index (χ0) is 17.2. The summed E-state index contributed by atoms with van der Waals surface area (Å²) in [6.07, 6.45) is 3.34. The lowest BCUT2D eigenvalue weighted by Gasteiger charge is -2.16. The zero-order valence-electron chi connectivity index (χ0n) is 13.6. The quantitative estimate of drug-likeness (QED) is 0.874. The first kappa shape index (κ1) is 17.1. The van der Waals surface area contributed by atoms with E-state index in [4.69, 9.17) is 5.11 Å². The van der Waals surface area contributed by atoms with Gasteiger partial charge in [-0.05, 0) is 11.8 Å². The first-order chi connectivity index (χ1) is 10.7. The Labute approximate surface area is 138 Å². The maximum Gasteiger partial charge on any atom is 0.338 e. The second kappa shape index (κ2) is 6.49. The zero-order valence-corrected chi connectivity index (χ0v) is 14.4. The number of rotatable bonds is 5. The van der Waals surface area contributed by atoms with Crippen LogP contribution in [0.1, 0.15) is 48.6 Å². The van der Waals surface area contributed by atoms with Crippen molar-refractivity contribution < 1.29 is 14.7 Å². The van der Waals surface area contributed by atoms with Crippen molar-refractivity contribution in [3.63, 3.8) is 0 Å². The molecule has 0 aliphatic carbocycles. The number of carboxylic acid groups (broad SMARTS) is 1. The minimum absolute atomic E-state index is 0.0235. The summed E-state index contributed by atoms with van der Waals surface area (Å²) in [7, 11) is 0. The Hall–Kier alpha value is -2.22. The van der Waals surface area contributed by atoms with Crippen LogP contribution in [0.3, 0.4) is 0 Å². The summed E-state index contributed by atoms with van der Waals surface area (Å²) < 4.78 is 1.29. The molecular weight excluding hydrogens is 316 g/mol. The standard InChI is InChI=1S/C15H20N4O3S/c1-5-10-12(15(2,3)4)23-14(17-10)18-11(20)8-19-7-9(6-16-19)13(21)22/h6-7H,5,8H2,1-4H3,(H,21,22)(H,17,18,20). The molecule has 23 heavy (non-hydrogen) atoms. The number of amides is 1. The Balaban J connectivity index is 2.08. The number of hydrogen-bond donors (Lipinski definition) is 2. The summed E-state index contributed by atoms with van der Waals surface area (Å²) in [5.74, 6) is -1.36. The van der Waals surface area contributed by atoms with Crippen LogP contribution in [0.15, 0.2) is 12.4 Å². The summed E-state index contributed by atoms with van der Waals surface area (Å²) in [5, 5.41) is 16.0. The van der Waals surface area contributed by atoms with Gasteiger partial charge in [0.1, 0.15) is 6.54 Å². The van der Waals surface area contributed by atoms with Gasteiger partial charge >= 0.3 is 5.97 Å². The van der Waals surface area contributed by atoms with E-state index >= 15 is 0 Å². The largest absolute Gasteiger partial charge is 0.478 e. The average molecular weight is 336 g/mol. The van der Waals surface area contributed by atoms with E-state index in [0.717, 1.165) is 17.0 Å². The van der Waals surface area contributed by atoms with Crippen LogP contribution < -0.4 is 5.32 Å². The van der Waals surface area contributed by atoms with Crippen LogP contribution in [0.5, 0.6) is 0 Å². The third-order valence-corrected chi connectivity index (χ3v) is 4.58. The third kappa shape index (κ3) is 4.16. The topological polar surface area (TPSA) is 97.1 Å².